The number of nitrogens with zero attached hydrogens (tertiary/aromatic N) is 1. The summed E-state index contributed by atoms with van der Waals surface area (Å²) in [7, 11) is 0. The molecule has 2 rings (SSSR count). The second-order valence-electron chi connectivity index (χ2n) is 6.34. The molecule has 3 atom stereocenters. The van der Waals surface area contributed by atoms with Crippen molar-refractivity contribution < 1.29 is 14.3 Å². The van der Waals surface area contributed by atoms with Gasteiger partial charge in [-0.05, 0) is 63.8 Å². The Kier molecular flexibility index (Phi) is 6.60. The minimum absolute atomic E-state index is 0.112. The molecule has 0 radical (unpaired) electrons. The molecule has 0 unspecified atom stereocenters. The molecule has 0 aliphatic carbocycles. The summed E-state index contributed by atoms with van der Waals surface area (Å²) in [6, 6.07) is 7.98. The van der Waals surface area contributed by atoms with Gasteiger partial charge in [-0.2, -0.15) is 0 Å². The van der Waals surface area contributed by atoms with Crippen LogP contribution in [-0.4, -0.2) is 35.0 Å². The number of rotatable bonds is 4. The van der Waals surface area contributed by atoms with Crippen LogP contribution in [0, 0.1) is 0 Å². The Morgan fingerprint density at radius 1 is 1.29 bits per heavy atom. The first-order chi connectivity index (χ1) is 11.4. The Balaban J connectivity index is 1.94. The van der Waals surface area contributed by atoms with Crippen molar-refractivity contribution in [1.29, 1.82) is 0 Å². The van der Waals surface area contributed by atoms with Crippen molar-refractivity contribution in [2.45, 2.75) is 58.2 Å². The summed E-state index contributed by atoms with van der Waals surface area (Å²) in [6.45, 7) is 5.74. The zero-order valence-corrected chi connectivity index (χ0v) is 16.0. The highest BCUT2D eigenvalue weighted by atomic mass is 79.9. The Labute approximate surface area is 152 Å². The second-order valence-corrected chi connectivity index (χ2v) is 7.26. The van der Waals surface area contributed by atoms with Crippen LogP contribution in [0.4, 0.5) is 0 Å². The second kappa shape index (κ2) is 8.47. The average molecular weight is 394 g/mol. The normalized spacial score (nSPS) is 22.4. The van der Waals surface area contributed by atoms with Crippen molar-refractivity contribution >= 4 is 33.9 Å². The molecule has 130 valence electrons. The van der Waals surface area contributed by atoms with Gasteiger partial charge in [0.15, 0.2) is 6.10 Å². The van der Waals surface area contributed by atoms with E-state index in [0.29, 0.717) is 0 Å². The number of benzene rings is 1. The van der Waals surface area contributed by atoms with Gasteiger partial charge < -0.3 is 9.64 Å². The van der Waals surface area contributed by atoms with E-state index in [1.165, 1.54) is 6.08 Å². The van der Waals surface area contributed by atoms with Crippen LogP contribution in [0.1, 0.15) is 45.6 Å². The predicted octanol–water partition coefficient (Wildman–Crippen LogP) is 4.18. The molecular weight excluding hydrogens is 370 g/mol. The molecule has 24 heavy (non-hydrogen) atoms. The predicted molar refractivity (Wildman–Crippen MR) is 98.4 cm³/mol. The highest BCUT2D eigenvalue weighted by Gasteiger charge is 2.32. The lowest BCUT2D eigenvalue weighted by atomic mass is 9.97. The van der Waals surface area contributed by atoms with Crippen molar-refractivity contribution in [2.24, 2.45) is 0 Å². The third kappa shape index (κ3) is 4.94. The number of carbonyl (C=O) groups is 2. The molecule has 1 heterocycles. The SMILES string of the molecule is C[C@@H](OC(=O)/C=C/c1cccc(Br)c1)C(=O)N1[C@@H](C)CCC[C@@H]1C. The number of likely N-dealkylation sites (tertiary alicyclic amines) is 1. The fourth-order valence-corrected chi connectivity index (χ4v) is 3.52. The van der Waals surface area contributed by atoms with E-state index in [9.17, 15) is 9.59 Å². The van der Waals surface area contributed by atoms with Gasteiger partial charge in [-0.25, -0.2) is 4.79 Å². The van der Waals surface area contributed by atoms with E-state index in [4.69, 9.17) is 4.74 Å². The van der Waals surface area contributed by atoms with Crippen LogP contribution in [-0.2, 0) is 14.3 Å². The summed E-state index contributed by atoms with van der Waals surface area (Å²) >= 11 is 3.38. The lowest BCUT2D eigenvalue weighted by molar-refractivity contribution is -0.158. The van der Waals surface area contributed by atoms with Gasteiger partial charge in [-0.15, -0.1) is 0 Å². The van der Waals surface area contributed by atoms with Crippen LogP contribution in [0.25, 0.3) is 6.08 Å². The zero-order valence-electron chi connectivity index (χ0n) is 14.4. The lowest BCUT2D eigenvalue weighted by Crippen LogP contribution is -2.51. The minimum Gasteiger partial charge on any atom is -0.449 e. The van der Waals surface area contributed by atoms with Crippen LogP contribution >= 0.6 is 15.9 Å². The molecule has 0 bridgehead atoms. The standard InChI is InChI=1S/C19H24BrNO3/c1-13-6-4-7-14(2)21(13)19(23)15(3)24-18(22)11-10-16-8-5-9-17(20)12-16/h5,8-15H,4,6-7H2,1-3H3/b11-10+/t13-,14-,15+/m0/s1. The van der Waals surface area contributed by atoms with Crippen molar-refractivity contribution in [1.82, 2.24) is 4.90 Å². The van der Waals surface area contributed by atoms with E-state index in [-0.39, 0.29) is 18.0 Å². The Morgan fingerprint density at radius 3 is 2.58 bits per heavy atom. The molecule has 1 aliphatic heterocycles. The smallest absolute Gasteiger partial charge is 0.331 e. The maximum absolute atomic E-state index is 12.6. The largest absolute Gasteiger partial charge is 0.449 e. The molecule has 1 saturated heterocycles. The van der Waals surface area contributed by atoms with Crippen LogP contribution in [0.2, 0.25) is 0 Å². The summed E-state index contributed by atoms with van der Waals surface area (Å²) in [6.07, 6.45) is 5.40. The maximum atomic E-state index is 12.6. The van der Waals surface area contributed by atoms with E-state index < -0.39 is 12.1 Å². The van der Waals surface area contributed by atoms with E-state index >= 15 is 0 Å². The highest BCUT2D eigenvalue weighted by molar-refractivity contribution is 9.10. The van der Waals surface area contributed by atoms with E-state index in [0.717, 1.165) is 29.3 Å². The van der Waals surface area contributed by atoms with Gasteiger partial charge in [0, 0.05) is 22.6 Å². The third-order valence-corrected chi connectivity index (χ3v) is 4.84. The molecule has 5 heteroatoms. The summed E-state index contributed by atoms with van der Waals surface area (Å²) < 4.78 is 6.22. The Hall–Kier alpha value is -1.62. The molecule has 0 spiro atoms. The molecule has 0 N–H and O–H groups in total. The number of ether oxygens (including phenoxy) is 1. The zero-order chi connectivity index (χ0) is 17.7. The van der Waals surface area contributed by atoms with Gasteiger partial charge in [0.05, 0.1) is 0 Å². The lowest BCUT2D eigenvalue weighted by Gasteiger charge is -2.40. The average Bonchev–Trinajstić information content (AvgIpc) is 2.52. The van der Waals surface area contributed by atoms with E-state index in [1.54, 1.807) is 13.0 Å². The molecule has 1 fully saturated rings. The topological polar surface area (TPSA) is 46.6 Å². The number of esters is 1. The monoisotopic (exact) mass is 393 g/mol. The Bertz CT molecular complexity index is 619. The molecule has 1 aromatic rings. The van der Waals surface area contributed by atoms with Crippen molar-refractivity contribution in [3.05, 3.63) is 40.4 Å². The van der Waals surface area contributed by atoms with Gasteiger partial charge >= 0.3 is 5.97 Å². The van der Waals surface area contributed by atoms with E-state index in [2.05, 4.69) is 29.8 Å². The molecule has 1 aromatic carbocycles. The number of carbonyl (C=O) groups excluding carboxylic acids is 2. The first kappa shape index (κ1) is 18.7. The van der Waals surface area contributed by atoms with Gasteiger partial charge in [0.25, 0.3) is 5.91 Å². The molecule has 4 nitrogen and oxygen atoms in total. The number of hydrogen-bond donors (Lipinski definition) is 0. The quantitative estimate of drug-likeness (QED) is 0.569. The van der Waals surface area contributed by atoms with Crippen LogP contribution in [0.15, 0.2) is 34.8 Å². The number of piperidine rings is 1. The first-order valence-electron chi connectivity index (χ1n) is 8.35. The van der Waals surface area contributed by atoms with Crippen LogP contribution in [0.5, 0.6) is 0 Å². The van der Waals surface area contributed by atoms with Gasteiger partial charge in [-0.3, -0.25) is 4.79 Å². The van der Waals surface area contributed by atoms with Gasteiger partial charge in [0.1, 0.15) is 0 Å². The van der Waals surface area contributed by atoms with Crippen molar-refractivity contribution in [2.75, 3.05) is 0 Å². The number of hydrogen-bond acceptors (Lipinski definition) is 3. The maximum Gasteiger partial charge on any atom is 0.331 e. The molecule has 0 saturated carbocycles. The first-order valence-corrected chi connectivity index (χ1v) is 9.14. The minimum atomic E-state index is -0.771. The molecule has 1 aliphatic rings. The number of amides is 1. The summed E-state index contributed by atoms with van der Waals surface area (Å²) in [4.78, 5) is 26.4. The molecular formula is C19H24BrNO3. The summed E-state index contributed by atoms with van der Waals surface area (Å²) in [5.41, 5.74) is 0.888. The Morgan fingerprint density at radius 2 is 1.96 bits per heavy atom. The van der Waals surface area contributed by atoms with Crippen molar-refractivity contribution in [3.63, 3.8) is 0 Å². The van der Waals surface area contributed by atoms with Crippen LogP contribution in [0.3, 0.4) is 0 Å². The fourth-order valence-electron chi connectivity index (χ4n) is 3.10. The summed E-state index contributed by atoms with van der Waals surface area (Å²) in [5, 5.41) is 0. The third-order valence-electron chi connectivity index (χ3n) is 4.35. The van der Waals surface area contributed by atoms with Gasteiger partial charge in [0.2, 0.25) is 0 Å². The van der Waals surface area contributed by atoms with Gasteiger partial charge in [-0.1, -0.05) is 28.1 Å². The number of halogens is 1. The molecule has 1 amide bonds. The van der Waals surface area contributed by atoms with Crippen molar-refractivity contribution in [3.8, 4) is 0 Å². The van der Waals surface area contributed by atoms with E-state index in [1.807, 2.05) is 29.2 Å². The van der Waals surface area contributed by atoms with Crippen LogP contribution < -0.4 is 0 Å². The fraction of sp³-hybridized carbons (Fsp3) is 0.474. The molecule has 0 aromatic heterocycles. The highest BCUT2D eigenvalue weighted by Crippen LogP contribution is 2.23. The summed E-state index contributed by atoms with van der Waals surface area (Å²) in [5.74, 6) is -0.618.